The van der Waals surface area contributed by atoms with Crippen molar-refractivity contribution in [3.8, 4) is 17.2 Å². The third kappa shape index (κ3) is 4.80. The lowest BCUT2D eigenvalue weighted by atomic mass is 10.2. The topological polar surface area (TPSA) is 80.2 Å². The van der Waals surface area contributed by atoms with Crippen molar-refractivity contribution in [1.82, 2.24) is 5.43 Å². The Balaban J connectivity index is 2.14. The van der Waals surface area contributed by atoms with E-state index in [1.54, 1.807) is 12.1 Å². The van der Waals surface area contributed by atoms with Gasteiger partial charge in [-0.2, -0.15) is 13.9 Å². The van der Waals surface area contributed by atoms with Crippen LogP contribution in [0.1, 0.15) is 15.9 Å². The van der Waals surface area contributed by atoms with Gasteiger partial charge < -0.3 is 14.6 Å². The Hall–Kier alpha value is -2.87. The number of phenols is 1. The number of methoxy groups -OCH3 is 1. The van der Waals surface area contributed by atoms with Crippen LogP contribution in [0.4, 0.5) is 8.78 Å². The van der Waals surface area contributed by atoms with Gasteiger partial charge in [-0.05, 0) is 29.8 Å². The highest BCUT2D eigenvalue weighted by Crippen LogP contribution is 2.37. The smallest absolute Gasteiger partial charge is 0.387 e. The molecule has 0 aliphatic carbocycles. The maximum atomic E-state index is 12.4. The molecule has 0 bridgehead atoms. The number of carbonyl (C=O) groups excluding carboxylic acids is 1. The first-order valence-corrected chi connectivity index (χ1v) is 7.24. The second-order valence-corrected chi connectivity index (χ2v) is 5.04. The Morgan fingerprint density at radius 3 is 2.72 bits per heavy atom. The number of carbonyl (C=O) groups is 1. The zero-order valence-electron chi connectivity index (χ0n) is 12.9. The van der Waals surface area contributed by atoms with Crippen LogP contribution < -0.4 is 14.9 Å². The van der Waals surface area contributed by atoms with E-state index >= 15 is 0 Å². The molecule has 0 radical (unpaired) electrons. The highest BCUT2D eigenvalue weighted by molar-refractivity contribution is 6.32. The molecule has 0 aliphatic rings. The molecule has 9 heteroatoms. The van der Waals surface area contributed by atoms with E-state index in [-0.39, 0.29) is 27.8 Å². The third-order valence-corrected chi connectivity index (χ3v) is 3.27. The second kappa shape index (κ2) is 8.29. The molecular formula is C16H13ClF2N2O4. The van der Waals surface area contributed by atoms with Crippen molar-refractivity contribution in [2.24, 2.45) is 5.10 Å². The van der Waals surface area contributed by atoms with Gasteiger partial charge in [-0.1, -0.05) is 23.7 Å². The number of nitrogens with zero attached hydrogens (tertiary/aromatic N) is 1. The summed E-state index contributed by atoms with van der Waals surface area (Å²) in [7, 11) is 1.27. The van der Waals surface area contributed by atoms with Crippen LogP contribution in [0.25, 0.3) is 0 Å². The SMILES string of the molecule is COc1cc(/C=N\NC(=O)c2ccccc2O)cc(Cl)c1OC(F)F. The molecule has 0 saturated carbocycles. The minimum atomic E-state index is -3.05. The van der Waals surface area contributed by atoms with Gasteiger partial charge in [0.15, 0.2) is 11.5 Å². The Morgan fingerprint density at radius 2 is 2.08 bits per heavy atom. The fourth-order valence-electron chi connectivity index (χ4n) is 1.91. The summed E-state index contributed by atoms with van der Waals surface area (Å²) >= 11 is 5.90. The number of hydrazone groups is 1. The minimum absolute atomic E-state index is 0.0127. The van der Waals surface area contributed by atoms with Crippen molar-refractivity contribution >= 4 is 23.7 Å². The Bertz CT molecular complexity index is 800. The molecule has 0 heterocycles. The van der Waals surface area contributed by atoms with Crippen LogP contribution in [0.2, 0.25) is 5.02 Å². The van der Waals surface area contributed by atoms with Crippen molar-refractivity contribution in [2.75, 3.05) is 7.11 Å². The van der Waals surface area contributed by atoms with Gasteiger partial charge in [0.25, 0.3) is 5.91 Å². The van der Waals surface area contributed by atoms with Crippen LogP contribution in [-0.2, 0) is 0 Å². The van der Waals surface area contributed by atoms with E-state index in [1.165, 1.54) is 37.6 Å². The van der Waals surface area contributed by atoms with Gasteiger partial charge in [0, 0.05) is 0 Å². The first-order valence-electron chi connectivity index (χ1n) is 6.86. The number of hydrogen-bond donors (Lipinski definition) is 2. The monoisotopic (exact) mass is 370 g/mol. The first kappa shape index (κ1) is 18.5. The minimum Gasteiger partial charge on any atom is -0.507 e. The lowest BCUT2D eigenvalue weighted by Gasteiger charge is -2.12. The molecule has 0 saturated heterocycles. The van der Waals surface area contributed by atoms with Gasteiger partial charge in [0.05, 0.1) is 23.9 Å². The van der Waals surface area contributed by atoms with E-state index in [0.717, 1.165) is 0 Å². The van der Waals surface area contributed by atoms with Crippen molar-refractivity contribution in [2.45, 2.75) is 6.61 Å². The largest absolute Gasteiger partial charge is 0.507 e. The van der Waals surface area contributed by atoms with E-state index in [0.29, 0.717) is 5.56 Å². The molecule has 0 unspecified atom stereocenters. The molecule has 2 aromatic carbocycles. The van der Waals surface area contributed by atoms with Crippen LogP contribution in [0.15, 0.2) is 41.5 Å². The predicted molar refractivity (Wildman–Crippen MR) is 87.8 cm³/mol. The molecule has 2 aromatic rings. The predicted octanol–water partition coefficient (Wildman–Crippen LogP) is 3.42. The van der Waals surface area contributed by atoms with Crippen LogP contribution in [-0.4, -0.2) is 30.9 Å². The summed E-state index contributed by atoms with van der Waals surface area (Å²) in [6.45, 7) is -3.05. The summed E-state index contributed by atoms with van der Waals surface area (Å²) in [4.78, 5) is 11.9. The molecule has 0 spiro atoms. The van der Waals surface area contributed by atoms with E-state index in [9.17, 15) is 18.7 Å². The Morgan fingerprint density at radius 1 is 1.36 bits per heavy atom. The number of aromatic hydroxyl groups is 1. The Kier molecular flexibility index (Phi) is 6.13. The molecule has 25 heavy (non-hydrogen) atoms. The van der Waals surface area contributed by atoms with Crippen LogP contribution >= 0.6 is 11.6 Å². The molecule has 0 atom stereocenters. The van der Waals surface area contributed by atoms with Crippen molar-refractivity contribution in [1.29, 1.82) is 0 Å². The summed E-state index contributed by atoms with van der Waals surface area (Å²) in [6.07, 6.45) is 1.23. The van der Waals surface area contributed by atoms with Crippen LogP contribution in [0.5, 0.6) is 17.2 Å². The molecule has 0 aromatic heterocycles. The molecule has 0 aliphatic heterocycles. The number of halogens is 3. The third-order valence-electron chi connectivity index (χ3n) is 2.99. The van der Waals surface area contributed by atoms with Crippen LogP contribution in [0.3, 0.4) is 0 Å². The van der Waals surface area contributed by atoms with Crippen molar-refractivity contribution < 1.29 is 28.2 Å². The van der Waals surface area contributed by atoms with Gasteiger partial charge in [-0.25, -0.2) is 5.43 Å². The summed E-state index contributed by atoms with van der Waals surface area (Å²) in [5, 5.41) is 13.2. The van der Waals surface area contributed by atoms with E-state index < -0.39 is 12.5 Å². The highest BCUT2D eigenvalue weighted by Gasteiger charge is 2.16. The fraction of sp³-hybridized carbons (Fsp3) is 0.125. The number of ether oxygens (including phenoxy) is 2. The molecule has 2 rings (SSSR count). The lowest BCUT2D eigenvalue weighted by Crippen LogP contribution is -2.17. The zero-order valence-corrected chi connectivity index (χ0v) is 13.6. The molecule has 6 nitrogen and oxygen atoms in total. The van der Waals surface area contributed by atoms with Gasteiger partial charge in [0.1, 0.15) is 5.75 Å². The molecule has 2 N–H and O–H groups in total. The normalized spacial score (nSPS) is 10.9. The van der Waals surface area contributed by atoms with E-state index in [1.807, 2.05) is 0 Å². The molecular weight excluding hydrogens is 358 g/mol. The standard InChI is InChI=1S/C16H13ClF2N2O4/c1-24-13-7-9(6-11(17)14(13)25-16(18)19)8-20-21-15(23)10-4-2-3-5-12(10)22/h2-8,16,22H,1H3,(H,21,23)/b20-8-. The van der Waals surface area contributed by atoms with E-state index in [2.05, 4.69) is 15.3 Å². The van der Waals surface area contributed by atoms with Gasteiger partial charge in [-0.3, -0.25) is 4.79 Å². The lowest BCUT2D eigenvalue weighted by molar-refractivity contribution is -0.0511. The fourth-order valence-corrected chi connectivity index (χ4v) is 2.17. The number of nitrogens with one attached hydrogen (secondary N) is 1. The summed E-state index contributed by atoms with van der Waals surface area (Å²) < 4.78 is 34.0. The number of amides is 1. The number of hydrogen-bond acceptors (Lipinski definition) is 5. The highest BCUT2D eigenvalue weighted by atomic mass is 35.5. The van der Waals surface area contributed by atoms with Gasteiger partial charge in [0.2, 0.25) is 0 Å². The number of benzene rings is 2. The molecule has 0 fully saturated rings. The molecule has 132 valence electrons. The second-order valence-electron chi connectivity index (χ2n) is 4.63. The maximum absolute atomic E-state index is 12.4. The van der Waals surface area contributed by atoms with Gasteiger partial charge in [-0.15, -0.1) is 0 Å². The quantitative estimate of drug-likeness (QED) is 0.603. The van der Waals surface area contributed by atoms with Crippen molar-refractivity contribution in [3.63, 3.8) is 0 Å². The number of rotatable bonds is 6. The van der Waals surface area contributed by atoms with Crippen molar-refractivity contribution in [3.05, 3.63) is 52.5 Å². The summed E-state index contributed by atoms with van der Waals surface area (Å²) in [5.74, 6) is -1.12. The Labute approximate surface area is 146 Å². The number of alkyl halides is 2. The number of phenolic OH excluding ortho intramolecular Hbond substituents is 1. The zero-order chi connectivity index (χ0) is 18.4. The average molecular weight is 371 g/mol. The number of para-hydroxylation sites is 1. The first-order chi connectivity index (χ1) is 11.9. The van der Waals surface area contributed by atoms with E-state index in [4.69, 9.17) is 16.3 Å². The maximum Gasteiger partial charge on any atom is 0.387 e. The summed E-state index contributed by atoms with van der Waals surface area (Å²) in [5.41, 5.74) is 2.66. The van der Waals surface area contributed by atoms with Gasteiger partial charge >= 0.3 is 6.61 Å². The average Bonchev–Trinajstić information content (AvgIpc) is 2.57. The molecule has 1 amide bonds. The van der Waals surface area contributed by atoms with Crippen LogP contribution in [0, 0.1) is 0 Å². The summed E-state index contributed by atoms with van der Waals surface area (Å²) in [6, 6.07) is 8.63.